The summed E-state index contributed by atoms with van der Waals surface area (Å²) in [7, 11) is 0. The van der Waals surface area contributed by atoms with E-state index >= 15 is 0 Å². The minimum absolute atomic E-state index is 0.113. The van der Waals surface area contributed by atoms with Gasteiger partial charge in [-0.3, -0.25) is 19.2 Å². The molecule has 0 bridgehead atoms. The van der Waals surface area contributed by atoms with Crippen molar-refractivity contribution in [3.63, 3.8) is 0 Å². The Morgan fingerprint density at radius 1 is 1.00 bits per heavy atom. The maximum absolute atomic E-state index is 12.5. The number of ketones is 4. The first-order chi connectivity index (χ1) is 13.4. The van der Waals surface area contributed by atoms with E-state index in [1.165, 1.54) is 13.8 Å². The van der Waals surface area contributed by atoms with Gasteiger partial charge in [0.1, 0.15) is 28.6 Å². The number of Topliss-reactive ketones (excluding diaryl/α,β-unsaturated/α-hetero) is 4. The van der Waals surface area contributed by atoms with Gasteiger partial charge >= 0.3 is 0 Å². The lowest BCUT2D eigenvalue weighted by molar-refractivity contribution is -0.127. The van der Waals surface area contributed by atoms with Crippen LogP contribution in [-0.2, 0) is 19.2 Å². The molecule has 8 heteroatoms. The molecule has 29 heavy (non-hydrogen) atoms. The second kappa shape index (κ2) is 7.69. The predicted octanol–water partition coefficient (Wildman–Crippen LogP) is 3.16. The molecule has 0 aromatic rings. The molecule has 4 N–H and O–H groups in total. The van der Waals surface area contributed by atoms with Crippen molar-refractivity contribution < 1.29 is 39.6 Å². The summed E-state index contributed by atoms with van der Waals surface area (Å²) in [6.07, 6.45) is -0.510. The standard InChI is InChI=1S/C21H24O8/c1-5-6-12(23)16-14(25)8-13(24)10(17(16)26)7-11-18(27)15(9(2)22)20(29)21(3,4)19(11)28/h23,26-28H,5-8H2,1-4H3/b16-12-. The van der Waals surface area contributed by atoms with Gasteiger partial charge in [0.15, 0.2) is 23.1 Å². The van der Waals surface area contributed by atoms with Crippen molar-refractivity contribution in [1.82, 2.24) is 0 Å². The first kappa shape index (κ1) is 22.1. The number of aliphatic hydroxyl groups excluding tert-OH is 4. The number of rotatable bonds is 5. The van der Waals surface area contributed by atoms with Crippen LogP contribution in [0.5, 0.6) is 0 Å². The minimum Gasteiger partial charge on any atom is -0.511 e. The number of carbonyl (C=O) groups excluding carboxylic acids is 4. The van der Waals surface area contributed by atoms with Crippen molar-refractivity contribution in [2.24, 2.45) is 5.41 Å². The highest BCUT2D eigenvalue weighted by Gasteiger charge is 2.45. The first-order valence-electron chi connectivity index (χ1n) is 9.19. The lowest BCUT2D eigenvalue weighted by Gasteiger charge is -2.31. The van der Waals surface area contributed by atoms with Crippen LogP contribution in [0.15, 0.2) is 45.3 Å². The first-order valence-corrected chi connectivity index (χ1v) is 9.19. The smallest absolute Gasteiger partial charge is 0.183 e. The predicted molar refractivity (Wildman–Crippen MR) is 102 cm³/mol. The Morgan fingerprint density at radius 3 is 2.10 bits per heavy atom. The van der Waals surface area contributed by atoms with E-state index in [1.807, 2.05) is 0 Å². The van der Waals surface area contributed by atoms with Gasteiger partial charge in [-0.25, -0.2) is 0 Å². The highest BCUT2D eigenvalue weighted by molar-refractivity contribution is 6.23. The van der Waals surface area contributed by atoms with E-state index in [0.29, 0.717) is 6.42 Å². The molecule has 0 unspecified atom stereocenters. The van der Waals surface area contributed by atoms with Crippen LogP contribution in [0.4, 0.5) is 0 Å². The van der Waals surface area contributed by atoms with Crippen molar-refractivity contribution in [3.8, 4) is 0 Å². The third-order valence-corrected chi connectivity index (χ3v) is 5.14. The van der Waals surface area contributed by atoms with Gasteiger partial charge in [0.25, 0.3) is 0 Å². The third-order valence-electron chi connectivity index (χ3n) is 5.14. The Hall–Kier alpha value is -3.16. The maximum Gasteiger partial charge on any atom is 0.183 e. The molecule has 156 valence electrons. The minimum atomic E-state index is -1.53. The zero-order chi connectivity index (χ0) is 22.3. The second-order valence-corrected chi connectivity index (χ2v) is 7.66. The largest absolute Gasteiger partial charge is 0.511 e. The molecule has 0 radical (unpaired) electrons. The van der Waals surface area contributed by atoms with Crippen molar-refractivity contribution in [2.75, 3.05) is 0 Å². The molecule has 2 aliphatic carbocycles. The SMILES string of the molecule is CCC/C(O)=C1\C(=O)CC(=O)C(CC2=C(O)C(C)(C)C(=O)C(C(C)=O)=C2O)=C1O. The Kier molecular flexibility index (Phi) is 5.87. The maximum atomic E-state index is 12.5. The molecule has 0 aliphatic heterocycles. The van der Waals surface area contributed by atoms with Crippen molar-refractivity contribution >= 4 is 23.1 Å². The van der Waals surface area contributed by atoms with E-state index < -0.39 is 64.2 Å². The van der Waals surface area contributed by atoms with Gasteiger partial charge in [0, 0.05) is 24.0 Å². The second-order valence-electron chi connectivity index (χ2n) is 7.66. The van der Waals surface area contributed by atoms with Crippen LogP contribution in [-0.4, -0.2) is 43.6 Å². The van der Waals surface area contributed by atoms with Crippen molar-refractivity contribution in [2.45, 2.75) is 53.4 Å². The Labute approximate surface area is 167 Å². The van der Waals surface area contributed by atoms with E-state index in [2.05, 4.69) is 0 Å². The molecule has 0 amide bonds. The van der Waals surface area contributed by atoms with Crippen LogP contribution in [0.2, 0.25) is 0 Å². The zero-order valence-corrected chi connectivity index (χ0v) is 16.8. The van der Waals surface area contributed by atoms with Crippen molar-refractivity contribution in [1.29, 1.82) is 0 Å². The summed E-state index contributed by atoms with van der Waals surface area (Å²) in [6.45, 7) is 5.56. The number of aliphatic hydroxyl groups is 4. The topological polar surface area (TPSA) is 149 Å². The van der Waals surface area contributed by atoms with Crippen LogP contribution >= 0.6 is 0 Å². The van der Waals surface area contributed by atoms with Crippen LogP contribution in [0.3, 0.4) is 0 Å². The molecule has 0 saturated carbocycles. The lowest BCUT2D eigenvalue weighted by Crippen LogP contribution is -2.36. The third kappa shape index (κ3) is 3.62. The summed E-state index contributed by atoms with van der Waals surface area (Å²) in [4.78, 5) is 48.9. The summed E-state index contributed by atoms with van der Waals surface area (Å²) in [6, 6.07) is 0. The molecule has 0 aromatic carbocycles. The molecule has 0 aromatic heterocycles. The molecular formula is C21H24O8. The quantitative estimate of drug-likeness (QED) is 0.236. The number of allylic oxidation sites excluding steroid dienone is 6. The van der Waals surface area contributed by atoms with E-state index in [-0.39, 0.29) is 28.9 Å². The highest BCUT2D eigenvalue weighted by atomic mass is 16.3. The summed E-state index contributed by atoms with van der Waals surface area (Å²) in [5.74, 6) is -5.36. The van der Waals surface area contributed by atoms with E-state index in [0.717, 1.165) is 6.92 Å². The Bertz CT molecular complexity index is 953. The summed E-state index contributed by atoms with van der Waals surface area (Å²) in [5, 5.41) is 41.6. The van der Waals surface area contributed by atoms with Crippen molar-refractivity contribution in [3.05, 3.63) is 45.3 Å². The van der Waals surface area contributed by atoms with E-state index in [1.54, 1.807) is 6.92 Å². The van der Waals surface area contributed by atoms with Gasteiger partial charge in [-0.1, -0.05) is 6.92 Å². The average Bonchev–Trinajstić information content (AvgIpc) is 2.59. The number of hydrogen-bond acceptors (Lipinski definition) is 8. The molecule has 0 fully saturated rings. The summed E-state index contributed by atoms with van der Waals surface area (Å²) >= 11 is 0. The van der Waals surface area contributed by atoms with Gasteiger partial charge in [0.2, 0.25) is 0 Å². The molecule has 0 heterocycles. The van der Waals surface area contributed by atoms with Gasteiger partial charge < -0.3 is 20.4 Å². The van der Waals surface area contributed by atoms with E-state index in [4.69, 9.17) is 0 Å². The average molecular weight is 404 g/mol. The van der Waals surface area contributed by atoms with Gasteiger partial charge in [-0.2, -0.15) is 0 Å². The molecule has 0 spiro atoms. The van der Waals surface area contributed by atoms with Crippen LogP contribution in [0.1, 0.15) is 53.4 Å². The fourth-order valence-corrected chi connectivity index (χ4v) is 3.44. The molecule has 2 aliphatic rings. The lowest BCUT2D eigenvalue weighted by atomic mass is 9.73. The van der Waals surface area contributed by atoms with Crippen LogP contribution in [0.25, 0.3) is 0 Å². The van der Waals surface area contributed by atoms with E-state index in [9.17, 15) is 39.6 Å². The van der Waals surface area contributed by atoms with Crippen LogP contribution in [0, 0.1) is 5.41 Å². The fraction of sp³-hybridized carbons (Fsp3) is 0.429. The molecular weight excluding hydrogens is 380 g/mol. The fourth-order valence-electron chi connectivity index (χ4n) is 3.44. The summed E-state index contributed by atoms with van der Waals surface area (Å²) in [5.41, 5.74) is -2.98. The molecule has 0 atom stereocenters. The normalized spacial score (nSPS) is 21.9. The summed E-state index contributed by atoms with van der Waals surface area (Å²) < 4.78 is 0. The van der Waals surface area contributed by atoms with Crippen LogP contribution < -0.4 is 0 Å². The molecule has 2 rings (SSSR count). The molecule has 8 nitrogen and oxygen atoms in total. The monoisotopic (exact) mass is 404 g/mol. The van der Waals surface area contributed by atoms with Gasteiger partial charge in [-0.05, 0) is 27.2 Å². The van der Waals surface area contributed by atoms with Gasteiger partial charge in [-0.15, -0.1) is 0 Å². The molecule has 0 saturated heterocycles. The number of carbonyl (C=O) groups is 4. The Balaban J connectivity index is 2.69. The highest BCUT2D eigenvalue weighted by Crippen LogP contribution is 2.42. The van der Waals surface area contributed by atoms with Gasteiger partial charge in [0.05, 0.1) is 17.4 Å². The zero-order valence-electron chi connectivity index (χ0n) is 16.8. The number of hydrogen-bond donors (Lipinski definition) is 4. The Morgan fingerprint density at radius 2 is 1.59 bits per heavy atom.